The highest BCUT2D eigenvalue weighted by atomic mass is 16.5. The Morgan fingerprint density at radius 3 is 2.67 bits per heavy atom. The second-order valence-corrected chi connectivity index (χ2v) is 5.08. The van der Waals surface area contributed by atoms with Crippen molar-refractivity contribution in [3.63, 3.8) is 0 Å². The van der Waals surface area contributed by atoms with Gasteiger partial charge < -0.3 is 9.15 Å². The van der Waals surface area contributed by atoms with Crippen LogP contribution in [-0.4, -0.2) is 12.1 Å². The van der Waals surface area contributed by atoms with Gasteiger partial charge in [-0.1, -0.05) is 25.8 Å². The number of allylic oxidation sites excluding steroid dienone is 1. The van der Waals surface area contributed by atoms with Crippen LogP contribution in [0.5, 0.6) is 0 Å². The summed E-state index contributed by atoms with van der Waals surface area (Å²) in [5, 5.41) is 0. The minimum absolute atomic E-state index is 0.0390. The predicted octanol–water partition coefficient (Wildman–Crippen LogP) is 3.53. The predicted molar refractivity (Wildman–Crippen MR) is 82.2 cm³/mol. The molecule has 0 saturated heterocycles. The lowest BCUT2D eigenvalue weighted by Crippen LogP contribution is -2.25. The lowest BCUT2D eigenvalue weighted by atomic mass is 9.93. The fraction of sp³-hybridized carbons (Fsp3) is 0.389. The lowest BCUT2D eigenvalue weighted by molar-refractivity contribution is -0.148. The molecule has 0 fully saturated rings. The molecule has 1 heterocycles. The summed E-state index contributed by atoms with van der Waals surface area (Å²) in [5.74, 6) is 4.71. The molecule has 1 rings (SSSR count). The van der Waals surface area contributed by atoms with E-state index in [9.17, 15) is 4.79 Å². The highest BCUT2D eigenvalue weighted by molar-refractivity contribution is 5.78. The van der Waals surface area contributed by atoms with Crippen LogP contribution in [-0.2, 0) is 9.53 Å². The second kappa shape index (κ2) is 8.02. The fourth-order valence-corrected chi connectivity index (χ4v) is 1.96. The van der Waals surface area contributed by atoms with Crippen LogP contribution in [0.3, 0.4) is 0 Å². The number of furan rings is 1. The molecule has 3 heteroatoms. The van der Waals surface area contributed by atoms with E-state index in [0.717, 1.165) is 5.57 Å². The van der Waals surface area contributed by atoms with E-state index in [0.29, 0.717) is 12.2 Å². The van der Waals surface area contributed by atoms with Gasteiger partial charge in [0.1, 0.15) is 11.7 Å². The monoisotopic (exact) mass is 284 g/mol. The Morgan fingerprint density at radius 1 is 1.48 bits per heavy atom. The Bertz CT molecular complexity index is 565. The summed E-state index contributed by atoms with van der Waals surface area (Å²) in [5.41, 5.74) is 0.755. The standard InChI is InChI=1S/C18H20O3/c1-6-8-10-14(5)15(7-2)21-18(19)17(13(3)4)16-11-9-12-20-16/h1-2,9-13,15,17H,8H2,3-5H3. The van der Waals surface area contributed by atoms with Crippen molar-refractivity contribution in [2.45, 2.75) is 39.2 Å². The molecule has 1 aromatic heterocycles. The van der Waals surface area contributed by atoms with Gasteiger partial charge in [-0.05, 0) is 30.5 Å². The van der Waals surface area contributed by atoms with Gasteiger partial charge in [0.15, 0.2) is 6.10 Å². The van der Waals surface area contributed by atoms with Crippen molar-refractivity contribution >= 4 is 5.97 Å². The lowest BCUT2D eigenvalue weighted by Gasteiger charge is -2.20. The molecule has 0 spiro atoms. The smallest absolute Gasteiger partial charge is 0.318 e. The molecule has 0 N–H and O–H groups in total. The third-order valence-corrected chi connectivity index (χ3v) is 3.11. The molecule has 0 aliphatic heterocycles. The van der Waals surface area contributed by atoms with Crippen molar-refractivity contribution in [3.8, 4) is 24.7 Å². The highest BCUT2D eigenvalue weighted by Gasteiger charge is 2.30. The average Bonchev–Trinajstić information content (AvgIpc) is 2.95. The SMILES string of the molecule is C#CCC=C(C)C(C#C)OC(=O)C(c1ccco1)C(C)C. The molecular formula is C18H20O3. The minimum Gasteiger partial charge on any atom is -0.468 e. The van der Waals surface area contributed by atoms with Gasteiger partial charge in [0.25, 0.3) is 0 Å². The van der Waals surface area contributed by atoms with Gasteiger partial charge in [0.2, 0.25) is 0 Å². The summed E-state index contributed by atoms with van der Waals surface area (Å²) in [6.07, 6.45) is 13.7. The third kappa shape index (κ3) is 4.58. The molecule has 0 aromatic carbocycles. The summed E-state index contributed by atoms with van der Waals surface area (Å²) >= 11 is 0. The van der Waals surface area contributed by atoms with Crippen molar-refractivity contribution < 1.29 is 13.9 Å². The van der Waals surface area contributed by atoms with Gasteiger partial charge in [-0.15, -0.1) is 18.8 Å². The van der Waals surface area contributed by atoms with E-state index >= 15 is 0 Å². The van der Waals surface area contributed by atoms with E-state index in [4.69, 9.17) is 22.0 Å². The number of terminal acetylenes is 2. The Balaban J connectivity index is 2.87. The molecule has 2 unspecified atom stereocenters. The summed E-state index contributed by atoms with van der Waals surface area (Å²) in [4.78, 5) is 12.4. The molecule has 21 heavy (non-hydrogen) atoms. The summed E-state index contributed by atoms with van der Waals surface area (Å²) in [7, 11) is 0. The van der Waals surface area contributed by atoms with Crippen LogP contribution in [0.15, 0.2) is 34.5 Å². The van der Waals surface area contributed by atoms with Crippen molar-refractivity contribution in [3.05, 3.63) is 35.8 Å². The molecule has 0 radical (unpaired) electrons. The number of ether oxygens (including phenoxy) is 1. The molecule has 0 aliphatic carbocycles. The largest absolute Gasteiger partial charge is 0.468 e. The third-order valence-electron chi connectivity index (χ3n) is 3.11. The second-order valence-electron chi connectivity index (χ2n) is 5.08. The molecule has 0 bridgehead atoms. The van der Waals surface area contributed by atoms with Crippen LogP contribution in [0.1, 0.15) is 38.9 Å². The number of carbonyl (C=O) groups is 1. The number of carbonyl (C=O) groups excluding carboxylic acids is 1. The number of hydrogen-bond acceptors (Lipinski definition) is 3. The van der Waals surface area contributed by atoms with Gasteiger partial charge in [0, 0.05) is 6.42 Å². The van der Waals surface area contributed by atoms with E-state index in [1.165, 1.54) is 6.26 Å². The maximum Gasteiger partial charge on any atom is 0.318 e. The van der Waals surface area contributed by atoms with Crippen molar-refractivity contribution in [1.29, 1.82) is 0 Å². The Labute approximate surface area is 126 Å². The fourth-order valence-electron chi connectivity index (χ4n) is 1.96. The molecule has 1 aromatic rings. The molecular weight excluding hydrogens is 264 g/mol. The van der Waals surface area contributed by atoms with Gasteiger partial charge in [-0.2, -0.15) is 0 Å². The van der Waals surface area contributed by atoms with E-state index in [-0.39, 0.29) is 5.92 Å². The van der Waals surface area contributed by atoms with Crippen LogP contribution < -0.4 is 0 Å². The number of hydrogen-bond donors (Lipinski definition) is 0. The van der Waals surface area contributed by atoms with E-state index in [2.05, 4.69) is 11.8 Å². The zero-order valence-electron chi connectivity index (χ0n) is 12.6. The van der Waals surface area contributed by atoms with Crippen LogP contribution in [0.2, 0.25) is 0 Å². The quantitative estimate of drug-likeness (QED) is 0.456. The van der Waals surface area contributed by atoms with Crippen molar-refractivity contribution in [1.82, 2.24) is 0 Å². The maximum absolute atomic E-state index is 12.4. The molecule has 3 nitrogen and oxygen atoms in total. The first-order valence-electron chi connectivity index (χ1n) is 6.81. The van der Waals surface area contributed by atoms with Gasteiger partial charge in [-0.3, -0.25) is 4.79 Å². The summed E-state index contributed by atoms with van der Waals surface area (Å²) in [6.45, 7) is 5.66. The van der Waals surface area contributed by atoms with Gasteiger partial charge in [-0.25, -0.2) is 0 Å². The average molecular weight is 284 g/mol. The van der Waals surface area contributed by atoms with Crippen LogP contribution >= 0.6 is 0 Å². The Morgan fingerprint density at radius 2 is 2.19 bits per heavy atom. The Kier molecular flexibility index (Phi) is 6.37. The molecule has 110 valence electrons. The minimum atomic E-state index is -0.706. The zero-order chi connectivity index (χ0) is 15.8. The summed E-state index contributed by atoms with van der Waals surface area (Å²) in [6, 6.07) is 3.51. The van der Waals surface area contributed by atoms with Crippen molar-refractivity contribution in [2.75, 3.05) is 0 Å². The van der Waals surface area contributed by atoms with Crippen LogP contribution in [0, 0.1) is 30.6 Å². The Hall–Kier alpha value is -2.39. The highest BCUT2D eigenvalue weighted by Crippen LogP contribution is 2.27. The molecule has 0 aliphatic rings. The maximum atomic E-state index is 12.4. The molecule has 0 saturated carbocycles. The number of esters is 1. The first-order valence-corrected chi connectivity index (χ1v) is 6.81. The topological polar surface area (TPSA) is 39.4 Å². The van der Waals surface area contributed by atoms with Crippen molar-refractivity contribution in [2.24, 2.45) is 5.92 Å². The van der Waals surface area contributed by atoms with E-state index in [1.807, 2.05) is 13.8 Å². The van der Waals surface area contributed by atoms with Gasteiger partial charge >= 0.3 is 5.97 Å². The van der Waals surface area contributed by atoms with Gasteiger partial charge in [0.05, 0.1) is 6.26 Å². The normalized spacial score (nSPS) is 14.1. The molecule has 0 amide bonds. The van der Waals surface area contributed by atoms with E-state index < -0.39 is 18.0 Å². The van der Waals surface area contributed by atoms with E-state index in [1.54, 1.807) is 25.1 Å². The summed E-state index contributed by atoms with van der Waals surface area (Å²) < 4.78 is 10.8. The molecule has 2 atom stereocenters. The van der Waals surface area contributed by atoms with Crippen LogP contribution in [0.25, 0.3) is 0 Å². The number of rotatable bonds is 6. The first kappa shape index (κ1) is 16.7. The first-order chi connectivity index (χ1) is 10.0. The zero-order valence-corrected chi connectivity index (χ0v) is 12.6. The van der Waals surface area contributed by atoms with Crippen LogP contribution in [0.4, 0.5) is 0 Å².